The van der Waals surface area contributed by atoms with Crippen LogP contribution in [0.15, 0.2) is 55.0 Å². The molecule has 7 nitrogen and oxygen atoms in total. The van der Waals surface area contributed by atoms with Gasteiger partial charge in [-0.25, -0.2) is 9.97 Å². The molecule has 0 atom stereocenters. The fraction of sp³-hybridized carbons (Fsp3) is 0.250. The summed E-state index contributed by atoms with van der Waals surface area (Å²) in [5.41, 5.74) is 2.94. The van der Waals surface area contributed by atoms with Crippen molar-refractivity contribution in [1.82, 2.24) is 19.9 Å². The third kappa shape index (κ3) is 4.70. The number of anilines is 1. The number of fused-ring (bicyclic) bond motifs is 1. The molecular formula is C24H25N5O2S. The average Bonchev–Trinajstić information content (AvgIpc) is 3.18. The Balaban J connectivity index is 1.52. The number of methoxy groups -OCH3 is 1. The van der Waals surface area contributed by atoms with Crippen molar-refractivity contribution in [3.05, 3.63) is 76.7 Å². The quantitative estimate of drug-likeness (QED) is 0.433. The van der Waals surface area contributed by atoms with Gasteiger partial charge in [0, 0.05) is 38.4 Å². The monoisotopic (exact) mass is 447 g/mol. The summed E-state index contributed by atoms with van der Waals surface area (Å²) < 4.78 is 5.30. The van der Waals surface area contributed by atoms with Gasteiger partial charge in [0.05, 0.1) is 17.4 Å². The first-order valence-corrected chi connectivity index (χ1v) is 11.1. The SMILES string of the molecule is COc1cccc(CNc2ncnc3sc(C(=O)N(C)CCc4ccccn4)c(C)c23)c1. The van der Waals surface area contributed by atoms with Crippen molar-refractivity contribution < 1.29 is 9.53 Å². The van der Waals surface area contributed by atoms with Crippen molar-refractivity contribution in [2.45, 2.75) is 19.9 Å². The molecule has 4 aromatic rings. The second-order valence-corrected chi connectivity index (χ2v) is 8.46. The van der Waals surface area contributed by atoms with Crippen LogP contribution in [0.3, 0.4) is 0 Å². The number of rotatable bonds is 8. The molecule has 3 heterocycles. The number of benzene rings is 1. The maximum Gasteiger partial charge on any atom is 0.264 e. The lowest BCUT2D eigenvalue weighted by molar-refractivity contribution is 0.0800. The molecule has 0 radical (unpaired) electrons. The number of pyridine rings is 1. The molecule has 0 unspecified atom stereocenters. The van der Waals surface area contributed by atoms with Crippen LogP contribution < -0.4 is 10.1 Å². The number of carbonyl (C=O) groups is 1. The number of hydrogen-bond donors (Lipinski definition) is 1. The Bertz CT molecular complexity index is 1230. The van der Waals surface area contributed by atoms with Gasteiger partial charge in [0.15, 0.2) is 0 Å². The molecule has 0 aliphatic rings. The molecule has 1 amide bonds. The largest absolute Gasteiger partial charge is 0.497 e. The summed E-state index contributed by atoms with van der Waals surface area (Å²) in [5.74, 6) is 1.52. The Morgan fingerprint density at radius 1 is 1.16 bits per heavy atom. The highest BCUT2D eigenvalue weighted by Crippen LogP contribution is 2.34. The van der Waals surface area contributed by atoms with Crippen LogP contribution in [-0.4, -0.2) is 46.5 Å². The first-order valence-electron chi connectivity index (χ1n) is 10.3. The van der Waals surface area contributed by atoms with E-state index in [1.807, 2.05) is 56.4 Å². The Morgan fingerprint density at radius 3 is 2.81 bits per heavy atom. The molecule has 3 aromatic heterocycles. The number of nitrogens with one attached hydrogen (secondary N) is 1. The second-order valence-electron chi connectivity index (χ2n) is 7.46. The second kappa shape index (κ2) is 9.74. The van der Waals surface area contributed by atoms with Gasteiger partial charge in [0.1, 0.15) is 22.7 Å². The minimum absolute atomic E-state index is 0.0137. The highest BCUT2D eigenvalue weighted by atomic mass is 32.1. The highest BCUT2D eigenvalue weighted by molar-refractivity contribution is 7.20. The van der Waals surface area contributed by atoms with Gasteiger partial charge in [-0.2, -0.15) is 0 Å². The average molecular weight is 448 g/mol. The normalized spacial score (nSPS) is 10.8. The lowest BCUT2D eigenvalue weighted by Gasteiger charge is -2.16. The Kier molecular flexibility index (Phi) is 6.61. The van der Waals surface area contributed by atoms with E-state index in [0.29, 0.717) is 24.4 Å². The van der Waals surface area contributed by atoms with Crippen LogP contribution in [0.25, 0.3) is 10.2 Å². The number of aryl methyl sites for hydroxylation is 1. The van der Waals surface area contributed by atoms with E-state index < -0.39 is 0 Å². The molecule has 0 spiro atoms. The van der Waals surface area contributed by atoms with Gasteiger partial charge < -0.3 is 15.0 Å². The maximum absolute atomic E-state index is 13.2. The molecule has 0 saturated heterocycles. The predicted molar refractivity (Wildman–Crippen MR) is 127 cm³/mol. The van der Waals surface area contributed by atoms with E-state index in [1.165, 1.54) is 17.7 Å². The summed E-state index contributed by atoms with van der Waals surface area (Å²) in [6.45, 7) is 3.14. The number of aromatic nitrogens is 3. The molecule has 164 valence electrons. The smallest absolute Gasteiger partial charge is 0.264 e. The van der Waals surface area contributed by atoms with Crippen LogP contribution >= 0.6 is 11.3 Å². The van der Waals surface area contributed by atoms with E-state index >= 15 is 0 Å². The highest BCUT2D eigenvalue weighted by Gasteiger charge is 2.22. The molecule has 4 rings (SSSR count). The number of amides is 1. The van der Waals surface area contributed by atoms with Crippen molar-refractivity contribution in [3.8, 4) is 5.75 Å². The molecule has 1 aromatic carbocycles. The number of carbonyl (C=O) groups excluding carboxylic acids is 1. The topological polar surface area (TPSA) is 80.2 Å². The molecule has 8 heteroatoms. The predicted octanol–water partition coefficient (Wildman–Crippen LogP) is 4.33. The molecule has 1 N–H and O–H groups in total. The standard InChI is InChI=1S/C24H25N5O2S/c1-16-20-22(26-14-17-7-6-9-19(13-17)31-3)27-15-28-23(20)32-21(16)24(30)29(2)12-10-18-8-4-5-11-25-18/h4-9,11,13,15H,10,12,14H2,1-3H3,(H,26,27,28). The van der Waals surface area contributed by atoms with E-state index in [1.54, 1.807) is 18.2 Å². The van der Waals surface area contributed by atoms with Gasteiger partial charge in [-0.05, 0) is 42.3 Å². The Morgan fingerprint density at radius 2 is 2.03 bits per heavy atom. The van der Waals surface area contributed by atoms with E-state index in [0.717, 1.165) is 38.6 Å². The fourth-order valence-corrected chi connectivity index (χ4v) is 4.62. The molecule has 32 heavy (non-hydrogen) atoms. The number of ether oxygens (including phenoxy) is 1. The zero-order valence-corrected chi connectivity index (χ0v) is 19.1. The lowest BCUT2D eigenvalue weighted by Crippen LogP contribution is -2.28. The van der Waals surface area contributed by atoms with Crippen LogP contribution in [0, 0.1) is 6.92 Å². The molecule has 0 aliphatic heterocycles. The maximum atomic E-state index is 13.2. The van der Waals surface area contributed by atoms with Gasteiger partial charge in [-0.15, -0.1) is 11.3 Å². The molecule has 0 fully saturated rings. The van der Waals surface area contributed by atoms with Crippen molar-refractivity contribution in [2.24, 2.45) is 0 Å². The summed E-state index contributed by atoms with van der Waals surface area (Å²) >= 11 is 1.41. The van der Waals surface area contributed by atoms with Gasteiger partial charge in [0.25, 0.3) is 5.91 Å². The first kappa shape index (κ1) is 21.7. The molecule has 0 aliphatic carbocycles. The molecule has 0 saturated carbocycles. The Labute approximate surface area is 191 Å². The summed E-state index contributed by atoms with van der Waals surface area (Å²) in [7, 11) is 3.48. The first-order chi connectivity index (χ1) is 15.6. The van der Waals surface area contributed by atoms with Crippen LogP contribution in [0.1, 0.15) is 26.5 Å². The van der Waals surface area contributed by atoms with Gasteiger partial charge >= 0.3 is 0 Å². The van der Waals surface area contributed by atoms with Crippen LogP contribution in [-0.2, 0) is 13.0 Å². The van der Waals surface area contributed by atoms with Crippen LogP contribution in [0.5, 0.6) is 5.75 Å². The number of thiophene rings is 1. The van der Waals surface area contributed by atoms with Crippen molar-refractivity contribution >= 4 is 33.3 Å². The minimum Gasteiger partial charge on any atom is -0.497 e. The van der Waals surface area contributed by atoms with Crippen LogP contribution in [0.4, 0.5) is 5.82 Å². The number of likely N-dealkylation sites (N-methyl/N-ethyl adjacent to an activating group) is 1. The van der Waals surface area contributed by atoms with Gasteiger partial charge in [0.2, 0.25) is 0 Å². The van der Waals surface area contributed by atoms with Crippen molar-refractivity contribution in [2.75, 3.05) is 26.0 Å². The minimum atomic E-state index is -0.0137. The van der Waals surface area contributed by atoms with Crippen molar-refractivity contribution in [3.63, 3.8) is 0 Å². The van der Waals surface area contributed by atoms with E-state index in [9.17, 15) is 4.79 Å². The van der Waals surface area contributed by atoms with Crippen molar-refractivity contribution in [1.29, 1.82) is 0 Å². The zero-order chi connectivity index (χ0) is 22.5. The van der Waals surface area contributed by atoms with E-state index in [-0.39, 0.29) is 5.91 Å². The molecular weight excluding hydrogens is 422 g/mol. The summed E-state index contributed by atoms with van der Waals surface area (Å²) in [5, 5.41) is 4.28. The summed E-state index contributed by atoms with van der Waals surface area (Å²) in [4.78, 5) is 29.6. The number of hydrogen-bond acceptors (Lipinski definition) is 7. The lowest BCUT2D eigenvalue weighted by atomic mass is 10.1. The summed E-state index contributed by atoms with van der Waals surface area (Å²) in [6.07, 6.45) is 4.01. The fourth-order valence-electron chi connectivity index (χ4n) is 3.48. The van der Waals surface area contributed by atoms with Crippen LogP contribution in [0.2, 0.25) is 0 Å². The third-order valence-corrected chi connectivity index (χ3v) is 6.48. The molecule has 0 bridgehead atoms. The van der Waals surface area contributed by atoms with Gasteiger partial charge in [-0.3, -0.25) is 9.78 Å². The number of nitrogens with zero attached hydrogens (tertiary/aromatic N) is 4. The van der Waals surface area contributed by atoms with Gasteiger partial charge in [-0.1, -0.05) is 18.2 Å². The third-order valence-electron chi connectivity index (χ3n) is 5.29. The van der Waals surface area contributed by atoms with E-state index in [4.69, 9.17) is 4.74 Å². The Hall–Kier alpha value is -3.52. The zero-order valence-electron chi connectivity index (χ0n) is 18.3. The van der Waals surface area contributed by atoms with E-state index in [2.05, 4.69) is 20.3 Å². The summed E-state index contributed by atoms with van der Waals surface area (Å²) in [6, 6.07) is 13.7.